The van der Waals surface area contributed by atoms with E-state index in [1.807, 2.05) is 54.1 Å². The molecule has 4 rings (SSSR count). The number of hydrogen-bond donors (Lipinski definition) is 1. The number of para-hydroxylation sites is 1. The second kappa shape index (κ2) is 10.3. The number of nitrogens with one attached hydrogen (secondary N) is 1. The van der Waals surface area contributed by atoms with Gasteiger partial charge in [0.1, 0.15) is 5.82 Å². The van der Waals surface area contributed by atoms with Gasteiger partial charge in [-0.05, 0) is 30.5 Å². The minimum Gasteiger partial charge on any atom is -0.379 e. The minimum atomic E-state index is -0.235. The molecule has 0 unspecified atom stereocenters. The van der Waals surface area contributed by atoms with E-state index in [0.717, 1.165) is 56.3 Å². The van der Waals surface area contributed by atoms with Crippen molar-refractivity contribution in [1.29, 1.82) is 0 Å². The normalized spacial score (nSPS) is 14.5. The Labute approximate surface area is 183 Å². The van der Waals surface area contributed by atoms with Gasteiger partial charge in [-0.15, -0.1) is 5.10 Å². The van der Waals surface area contributed by atoms with E-state index in [4.69, 9.17) is 4.74 Å². The molecular formula is C24H29N5O2. The van der Waals surface area contributed by atoms with E-state index in [0.29, 0.717) is 13.0 Å². The van der Waals surface area contributed by atoms with Gasteiger partial charge < -0.3 is 10.1 Å². The fourth-order valence-corrected chi connectivity index (χ4v) is 3.73. The van der Waals surface area contributed by atoms with Crippen LogP contribution in [-0.2, 0) is 17.6 Å². The number of carbonyl (C=O) groups is 1. The number of nitrogens with zero attached hydrogens (tertiary/aromatic N) is 4. The molecule has 1 N–H and O–H groups in total. The Kier molecular flexibility index (Phi) is 7.07. The van der Waals surface area contributed by atoms with Crippen LogP contribution in [0.15, 0.2) is 54.6 Å². The van der Waals surface area contributed by atoms with Crippen LogP contribution in [0.5, 0.6) is 0 Å². The summed E-state index contributed by atoms with van der Waals surface area (Å²) in [5, 5.41) is 7.55. The summed E-state index contributed by atoms with van der Waals surface area (Å²) in [5.74, 6) is 0.770. The van der Waals surface area contributed by atoms with E-state index in [1.165, 1.54) is 5.56 Å². The third-order valence-electron chi connectivity index (χ3n) is 5.52. The smallest absolute Gasteiger partial charge is 0.291 e. The summed E-state index contributed by atoms with van der Waals surface area (Å²) in [6, 6.07) is 18.3. The quantitative estimate of drug-likeness (QED) is 0.607. The van der Waals surface area contributed by atoms with Crippen LogP contribution in [0.2, 0.25) is 0 Å². The van der Waals surface area contributed by atoms with Gasteiger partial charge in [-0.2, -0.15) is 0 Å². The van der Waals surface area contributed by atoms with Gasteiger partial charge in [0.15, 0.2) is 0 Å². The first-order valence-electron chi connectivity index (χ1n) is 10.8. The van der Waals surface area contributed by atoms with E-state index in [2.05, 4.69) is 32.4 Å². The zero-order valence-corrected chi connectivity index (χ0v) is 18.0. The summed E-state index contributed by atoms with van der Waals surface area (Å²) in [7, 11) is 0. The van der Waals surface area contributed by atoms with Gasteiger partial charge in [0.05, 0.1) is 18.9 Å². The van der Waals surface area contributed by atoms with Crippen LogP contribution in [-0.4, -0.2) is 65.0 Å². The van der Waals surface area contributed by atoms with Crippen molar-refractivity contribution in [2.75, 3.05) is 39.4 Å². The van der Waals surface area contributed by atoms with E-state index >= 15 is 0 Å². The fourth-order valence-electron chi connectivity index (χ4n) is 3.73. The van der Waals surface area contributed by atoms with Crippen molar-refractivity contribution < 1.29 is 9.53 Å². The lowest BCUT2D eigenvalue weighted by molar-refractivity contribution is 0.0383. The molecule has 2 aromatic carbocycles. The minimum absolute atomic E-state index is 0.216. The number of hydrogen-bond acceptors (Lipinski definition) is 5. The third kappa shape index (κ3) is 5.57. The van der Waals surface area contributed by atoms with Gasteiger partial charge in [-0.3, -0.25) is 9.69 Å². The van der Waals surface area contributed by atoms with Crippen molar-refractivity contribution in [2.45, 2.75) is 19.8 Å². The first-order valence-corrected chi connectivity index (χ1v) is 10.8. The van der Waals surface area contributed by atoms with Crippen molar-refractivity contribution in [1.82, 2.24) is 25.0 Å². The highest BCUT2D eigenvalue weighted by Gasteiger charge is 2.19. The molecule has 31 heavy (non-hydrogen) atoms. The SMILES string of the molecule is Cc1ccccc1-n1nc(C(=O)NCCN2CCOCC2)nc1CCc1ccccc1. The van der Waals surface area contributed by atoms with E-state index in [-0.39, 0.29) is 11.7 Å². The summed E-state index contributed by atoms with van der Waals surface area (Å²) >= 11 is 0. The predicted octanol–water partition coefficient (Wildman–Crippen LogP) is 2.42. The van der Waals surface area contributed by atoms with E-state index in [1.54, 1.807) is 0 Å². The summed E-state index contributed by atoms with van der Waals surface area (Å²) in [6.07, 6.45) is 1.54. The van der Waals surface area contributed by atoms with Crippen LogP contribution >= 0.6 is 0 Å². The van der Waals surface area contributed by atoms with Crippen molar-refractivity contribution in [3.8, 4) is 5.69 Å². The largest absolute Gasteiger partial charge is 0.379 e. The molecule has 162 valence electrons. The van der Waals surface area contributed by atoms with Crippen molar-refractivity contribution in [2.24, 2.45) is 0 Å². The molecule has 1 aliphatic heterocycles. The second-order valence-electron chi connectivity index (χ2n) is 7.75. The van der Waals surface area contributed by atoms with Gasteiger partial charge >= 0.3 is 0 Å². The highest BCUT2D eigenvalue weighted by molar-refractivity contribution is 5.90. The first kappa shape index (κ1) is 21.2. The first-order chi connectivity index (χ1) is 15.2. The number of amides is 1. The Balaban J connectivity index is 1.48. The molecule has 1 aliphatic rings. The van der Waals surface area contributed by atoms with Crippen LogP contribution in [0.1, 0.15) is 27.6 Å². The maximum Gasteiger partial charge on any atom is 0.291 e. The number of carbonyl (C=O) groups excluding carboxylic acids is 1. The molecule has 0 spiro atoms. The third-order valence-corrected chi connectivity index (χ3v) is 5.52. The molecule has 0 radical (unpaired) electrons. The summed E-state index contributed by atoms with van der Waals surface area (Å²) in [4.78, 5) is 19.7. The Morgan fingerprint density at radius 3 is 2.55 bits per heavy atom. The highest BCUT2D eigenvalue weighted by Crippen LogP contribution is 2.16. The summed E-state index contributed by atoms with van der Waals surface area (Å²) in [5.41, 5.74) is 3.27. The monoisotopic (exact) mass is 419 g/mol. The zero-order valence-electron chi connectivity index (χ0n) is 18.0. The van der Waals surface area contributed by atoms with E-state index in [9.17, 15) is 4.79 Å². The summed E-state index contributed by atoms with van der Waals surface area (Å²) in [6.45, 7) is 6.72. The van der Waals surface area contributed by atoms with Gasteiger partial charge in [0.25, 0.3) is 5.91 Å². The lowest BCUT2D eigenvalue weighted by Crippen LogP contribution is -2.41. The maximum absolute atomic E-state index is 12.7. The van der Waals surface area contributed by atoms with E-state index < -0.39 is 0 Å². The number of rotatable bonds is 8. The molecule has 0 saturated carbocycles. The number of aromatic nitrogens is 3. The lowest BCUT2D eigenvalue weighted by Gasteiger charge is -2.26. The topological polar surface area (TPSA) is 72.3 Å². The van der Waals surface area contributed by atoms with Crippen LogP contribution < -0.4 is 5.32 Å². The number of ether oxygens (including phenoxy) is 1. The molecule has 1 amide bonds. The van der Waals surface area contributed by atoms with Gasteiger partial charge in [0.2, 0.25) is 5.82 Å². The molecule has 7 nitrogen and oxygen atoms in total. The Hall–Kier alpha value is -3.03. The molecule has 7 heteroatoms. The van der Waals surface area contributed by atoms with Gasteiger partial charge in [-0.1, -0.05) is 48.5 Å². The molecule has 2 heterocycles. The lowest BCUT2D eigenvalue weighted by atomic mass is 10.1. The fraction of sp³-hybridized carbons (Fsp3) is 0.375. The molecular weight excluding hydrogens is 390 g/mol. The van der Waals surface area contributed by atoms with Gasteiger partial charge in [0, 0.05) is 32.6 Å². The molecule has 0 bridgehead atoms. The second-order valence-corrected chi connectivity index (χ2v) is 7.75. The van der Waals surface area contributed by atoms with Crippen LogP contribution in [0.25, 0.3) is 5.69 Å². The van der Waals surface area contributed by atoms with Gasteiger partial charge in [-0.25, -0.2) is 9.67 Å². The highest BCUT2D eigenvalue weighted by atomic mass is 16.5. The number of benzene rings is 2. The van der Waals surface area contributed by atoms with Crippen LogP contribution in [0, 0.1) is 6.92 Å². The average Bonchev–Trinajstić information content (AvgIpc) is 3.23. The summed E-state index contributed by atoms with van der Waals surface area (Å²) < 4.78 is 7.18. The van der Waals surface area contributed by atoms with Crippen LogP contribution in [0.3, 0.4) is 0 Å². The molecule has 0 aliphatic carbocycles. The van der Waals surface area contributed by atoms with Crippen molar-refractivity contribution in [3.05, 3.63) is 77.4 Å². The molecule has 0 atom stereocenters. The Bertz CT molecular complexity index is 996. The van der Waals surface area contributed by atoms with Crippen LogP contribution in [0.4, 0.5) is 0 Å². The number of morpholine rings is 1. The zero-order chi connectivity index (χ0) is 21.5. The molecule has 1 fully saturated rings. The number of aryl methyl sites for hydroxylation is 3. The predicted molar refractivity (Wildman–Crippen MR) is 120 cm³/mol. The standard InChI is InChI=1S/C24H29N5O2/c1-19-7-5-6-10-21(19)29-22(12-11-20-8-3-2-4-9-20)26-23(27-29)24(30)25-13-14-28-15-17-31-18-16-28/h2-10H,11-18H2,1H3,(H,25,30). The molecule has 1 saturated heterocycles. The average molecular weight is 420 g/mol. The maximum atomic E-state index is 12.7. The Morgan fingerprint density at radius 1 is 1.03 bits per heavy atom. The Morgan fingerprint density at radius 2 is 1.77 bits per heavy atom. The van der Waals surface area contributed by atoms with Crippen molar-refractivity contribution in [3.63, 3.8) is 0 Å². The molecule has 1 aromatic heterocycles. The molecule has 3 aromatic rings. The van der Waals surface area contributed by atoms with Crippen molar-refractivity contribution >= 4 is 5.91 Å².